The van der Waals surface area contributed by atoms with E-state index >= 15 is 0 Å². The predicted octanol–water partition coefficient (Wildman–Crippen LogP) is 2.57. The molecule has 0 saturated carbocycles. The molecule has 1 aliphatic rings. The number of allylic oxidation sites excluding steroid dienone is 2. The Bertz CT molecular complexity index is 2290. The summed E-state index contributed by atoms with van der Waals surface area (Å²) in [7, 11) is -9.39. The highest BCUT2D eigenvalue weighted by Gasteiger charge is 2.36. The first-order chi connectivity index (χ1) is 21.0. The van der Waals surface area contributed by atoms with Crippen molar-refractivity contribution in [2.45, 2.75) is 23.6 Å². The number of carbonyl (C=O) groups is 2. The monoisotopic (exact) mass is 648 g/mol. The molecule has 0 unspecified atom stereocenters. The number of nitrogens with zero attached hydrogens (tertiary/aromatic N) is 4. The lowest BCUT2D eigenvalue weighted by molar-refractivity contribution is -0.123. The molecular formula is C29H20N4O10S2. The number of aromatic hydroxyl groups is 1. The fraction of sp³-hybridized carbons (Fsp3) is 0.0690. The molecule has 1 aromatic heterocycles. The Kier molecular flexibility index (Phi) is 8.46. The van der Waals surface area contributed by atoms with Crippen molar-refractivity contribution in [3.8, 4) is 23.7 Å². The van der Waals surface area contributed by atoms with Crippen LogP contribution in [0.4, 0.5) is 5.69 Å². The summed E-state index contributed by atoms with van der Waals surface area (Å²) in [6.07, 6.45) is 3.62. The average Bonchev–Trinajstić information content (AvgIpc) is 2.96. The highest BCUT2D eigenvalue weighted by molar-refractivity contribution is 7.86. The molecule has 228 valence electrons. The van der Waals surface area contributed by atoms with Crippen molar-refractivity contribution < 1.29 is 40.6 Å². The van der Waals surface area contributed by atoms with Crippen LogP contribution < -0.4 is 10.5 Å². The maximum absolute atomic E-state index is 13.5. The number of hydrogen-bond donors (Lipinski definition) is 3. The summed E-state index contributed by atoms with van der Waals surface area (Å²) in [6, 6.07) is 12.2. The molecule has 4 rings (SSSR count). The number of nitriles is 2. The van der Waals surface area contributed by atoms with Crippen LogP contribution in [0.2, 0.25) is 0 Å². The van der Waals surface area contributed by atoms with Gasteiger partial charge in [0.05, 0.1) is 21.2 Å². The van der Waals surface area contributed by atoms with Crippen LogP contribution in [0.1, 0.15) is 23.6 Å². The Morgan fingerprint density at radius 3 is 1.91 bits per heavy atom. The number of pyridine rings is 1. The second kappa shape index (κ2) is 11.8. The Morgan fingerprint density at radius 2 is 1.38 bits per heavy atom. The second-order valence-corrected chi connectivity index (χ2v) is 12.3. The number of carbonyl (C=O) groups excluding carboxylic acids is 2. The molecule has 16 heteroatoms. The minimum Gasteiger partial charge on any atom is -0.494 e. The molecule has 2 heterocycles. The molecule has 0 fully saturated rings. The van der Waals surface area contributed by atoms with Crippen LogP contribution in [0.15, 0.2) is 92.0 Å². The highest BCUT2D eigenvalue weighted by atomic mass is 32.2. The van der Waals surface area contributed by atoms with E-state index in [1.54, 1.807) is 12.1 Å². The lowest BCUT2D eigenvalue weighted by Crippen LogP contribution is -2.43. The maximum Gasteiger partial charge on any atom is 0.294 e. The molecule has 0 aliphatic carbocycles. The van der Waals surface area contributed by atoms with Crippen LogP contribution >= 0.6 is 0 Å². The molecule has 0 saturated heterocycles. The Hall–Kier alpha value is -5.65. The van der Waals surface area contributed by atoms with Gasteiger partial charge in [0.1, 0.15) is 23.3 Å². The molecule has 14 nitrogen and oxygen atoms in total. The van der Waals surface area contributed by atoms with Gasteiger partial charge in [-0.15, -0.1) is 0 Å². The van der Waals surface area contributed by atoms with Crippen LogP contribution in [-0.4, -0.2) is 47.4 Å². The summed E-state index contributed by atoms with van der Waals surface area (Å²) >= 11 is 0. The first-order valence-corrected chi connectivity index (χ1v) is 15.3. The number of benzene rings is 2. The van der Waals surface area contributed by atoms with Crippen molar-refractivity contribution in [1.29, 1.82) is 10.5 Å². The molecule has 2 amide bonds. The third kappa shape index (κ3) is 5.94. The summed E-state index contributed by atoms with van der Waals surface area (Å²) < 4.78 is 66.0. The zero-order valence-corrected chi connectivity index (χ0v) is 24.8. The summed E-state index contributed by atoms with van der Waals surface area (Å²) in [5, 5.41) is 30.4. The van der Waals surface area contributed by atoms with Gasteiger partial charge in [-0.1, -0.05) is 18.2 Å². The van der Waals surface area contributed by atoms with Crippen molar-refractivity contribution in [3.05, 3.63) is 104 Å². The minimum absolute atomic E-state index is 0.0232. The van der Waals surface area contributed by atoms with E-state index < -0.39 is 64.4 Å². The van der Waals surface area contributed by atoms with E-state index in [1.165, 1.54) is 56.3 Å². The lowest BCUT2D eigenvalue weighted by atomic mass is 9.94. The Labute approximate surface area is 255 Å². The molecular weight excluding hydrogens is 628 g/mol. The van der Waals surface area contributed by atoms with Gasteiger partial charge in [-0.25, -0.2) is 9.47 Å². The van der Waals surface area contributed by atoms with Gasteiger partial charge >= 0.3 is 0 Å². The van der Waals surface area contributed by atoms with E-state index in [0.29, 0.717) is 9.47 Å². The van der Waals surface area contributed by atoms with Gasteiger partial charge in [-0.3, -0.25) is 23.5 Å². The number of aromatic nitrogens is 1. The van der Waals surface area contributed by atoms with Crippen LogP contribution in [0, 0.1) is 29.6 Å². The molecule has 3 aromatic rings. The van der Waals surface area contributed by atoms with E-state index in [-0.39, 0.29) is 33.6 Å². The zero-order valence-electron chi connectivity index (χ0n) is 23.2. The third-order valence-corrected chi connectivity index (χ3v) is 8.47. The van der Waals surface area contributed by atoms with E-state index in [0.717, 1.165) is 24.3 Å². The van der Waals surface area contributed by atoms with Crippen LogP contribution in [0.3, 0.4) is 0 Å². The zero-order chi connectivity index (χ0) is 33.4. The number of amides is 2. The van der Waals surface area contributed by atoms with Gasteiger partial charge in [-0.05, 0) is 73.5 Å². The maximum atomic E-state index is 13.5. The molecule has 0 radical (unpaired) electrons. The SMILES string of the molecule is CC1=C(C#N)C(=O)N(c2cccc(S(=O)(=O)O)c2)C(=O)C1=CC=Cc1c(C)c(C#N)c(=O)n(-c2cccc(S(=O)(=O)O)c2)c1O. The van der Waals surface area contributed by atoms with Gasteiger partial charge < -0.3 is 5.11 Å². The van der Waals surface area contributed by atoms with Gasteiger partial charge in [0.2, 0.25) is 5.88 Å². The van der Waals surface area contributed by atoms with Crippen LogP contribution in [0.25, 0.3) is 11.8 Å². The standard InChI is InChI=1S/C29H20N4O10S2/c1-16-22(26(34)32(28(36)24(16)14-30)18-6-3-8-20(12-18)44(38,39)40)10-5-11-23-17(2)25(15-31)29(37)33(27(23)35)19-7-4-9-21(13-19)45(41,42)43/h3-13,34H,1-2H3,(H,38,39,40)(H,41,42,43). The van der Waals surface area contributed by atoms with Gasteiger partial charge in [0.25, 0.3) is 37.6 Å². The van der Waals surface area contributed by atoms with Gasteiger partial charge in [-0.2, -0.15) is 27.4 Å². The summed E-state index contributed by atoms with van der Waals surface area (Å²) in [6.45, 7) is 2.69. The van der Waals surface area contributed by atoms with Crippen molar-refractivity contribution in [3.63, 3.8) is 0 Å². The number of hydrogen-bond acceptors (Lipinski definition) is 10. The summed E-state index contributed by atoms with van der Waals surface area (Å²) in [5.41, 5.74) is -2.57. The van der Waals surface area contributed by atoms with Crippen molar-refractivity contribution in [1.82, 2.24) is 4.57 Å². The first-order valence-electron chi connectivity index (χ1n) is 12.5. The van der Waals surface area contributed by atoms with E-state index in [1.807, 2.05) is 0 Å². The molecule has 0 bridgehead atoms. The summed E-state index contributed by atoms with van der Waals surface area (Å²) in [5.74, 6) is -2.73. The first kappa shape index (κ1) is 32.3. The second-order valence-electron chi connectivity index (χ2n) is 9.43. The number of rotatable bonds is 6. The predicted molar refractivity (Wildman–Crippen MR) is 157 cm³/mol. The van der Waals surface area contributed by atoms with E-state index in [4.69, 9.17) is 0 Å². The molecule has 45 heavy (non-hydrogen) atoms. The fourth-order valence-corrected chi connectivity index (χ4v) is 5.55. The number of anilines is 1. The topological polar surface area (TPSA) is 236 Å². The summed E-state index contributed by atoms with van der Waals surface area (Å²) in [4.78, 5) is 39.0. The smallest absolute Gasteiger partial charge is 0.294 e. The number of imide groups is 1. The Balaban J connectivity index is 1.88. The van der Waals surface area contributed by atoms with Crippen molar-refractivity contribution in [2.24, 2.45) is 0 Å². The van der Waals surface area contributed by atoms with Gasteiger partial charge in [0.15, 0.2) is 0 Å². The lowest BCUT2D eigenvalue weighted by Gasteiger charge is -2.27. The van der Waals surface area contributed by atoms with E-state index in [2.05, 4.69) is 0 Å². The highest BCUT2D eigenvalue weighted by Crippen LogP contribution is 2.31. The molecule has 0 spiro atoms. The molecule has 0 atom stereocenters. The fourth-order valence-electron chi connectivity index (χ4n) is 4.51. The quantitative estimate of drug-likeness (QED) is 0.199. The van der Waals surface area contributed by atoms with Gasteiger partial charge in [0, 0.05) is 11.1 Å². The van der Waals surface area contributed by atoms with E-state index in [9.17, 15) is 56.0 Å². The Morgan fingerprint density at radius 1 is 0.822 bits per heavy atom. The van der Waals surface area contributed by atoms with Crippen LogP contribution in [-0.2, 0) is 29.8 Å². The van der Waals surface area contributed by atoms with Crippen molar-refractivity contribution in [2.75, 3.05) is 4.90 Å². The molecule has 3 N–H and O–H groups in total. The third-order valence-electron chi connectivity index (χ3n) is 6.77. The molecule has 2 aromatic carbocycles. The minimum atomic E-state index is -4.70. The largest absolute Gasteiger partial charge is 0.494 e. The average molecular weight is 649 g/mol. The van der Waals surface area contributed by atoms with Crippen molar-refractivity contribution >= 4 is 43.8 Å². The molecule has 1 aliphatic heterocycles. The van der Waals surface area contributed by atoms with Crippen LogP contribution in [0.5, 0.6) is 5.88 Å². The normalized spacial score (nSPS) is 15.1.